The average molecular weight is 463 g/mol. The first-order chi connectivity index (χ1) is 15.9. The van der Waals surface area contributed by atoms with Crippen molar-refractivity contribution < 1.29 is 24.0 Å². The molecule has 0 aliphatic rings. The molecular formula is C26H26N2O6. The molecule has 8 nitrogen and oxygen atoms in total. The predicted molar refractivity (Wildman–Crippen MR) is 127 cm³/mol. The minimum atomic E-state index is -2.22. The number of nitrogens with one attached hydrogen (secondary N) is 1. The van der Waals surface area contributed by atoms with Crippen LogP contribution in [-0.2, 0) is 14.3 Å². The van der Waals surface area contributed by atoms with E-state index in [9.17, 15) is 19.5 Å². The number of aromatic nitrogens is 1. The van der Waals surface area contributed by atoms with Gasteiger partial charge in [0.25, 0.3) is 5.91 Å². The minimum Gasteiger partial charge on any atom is -0.469 e. The zero-order chi connectivity index (χ0) is 25.1. The van der Waals surface area contributed by atoms with E-state index in [-0.39, 0.29) is 6.42 Å². The molecule has 0 saturated carbocycles. The van der Waals surface area contributed by atoms with Crippen LogP contribution < -0.4 is 10.9 Å². The SMILES string of the molecule is COC(=O)C(C)(C)CC(O)(C#Cc1ccc(C)cc1)C(=O)Nc1ccc2c(=O)onc(C)c2c1. The smallest absolute Gasteiger partial charge is 0.366 e. The number of carbonyl (C=O) groups excluding carboxylic acids is 2. The summed E-state index contributed by atoms with van der Waals surface area (Å²) in [5, 5.41) is 18.5. The van der Waals surface area contributed by atoms with E-state index >= 15 is 0 Å². The summed E-state index contributed by atoms with van der Waals surface area (Å²) in [5.74, 6) is 4.07. The normalized spacial score (nSPS) is 12.9. The Balaban J connectivity index is 2.00. The number of anilines is 1. The van der Waals surface area contributed by atoms with Crippen LogP contribution in [0, 0.1) is 31.1 Å². The Kier molecular flexibility index (Phi) is 6.89. The molecule has 0 fully saturated rings. The molecule has 0 aliphatic heterocycles. The van der Waals surface area contributed by atoms with Gasteiger partial charge in [0.05, 0.1) is 23.6 Å². The van der Waals surface area contributed by atoms with Crippen molar-refractivity contribution in [2.75, 3.05) is 12.4 Å². The lowest BCUT2D eigenvalue weighted by Crippen LogP contribution is -2.47. The molecule has 1 amide bonds. The Morgan fingerprint density at radius 3 is 2.44 bits per heavy atom. The van der Waals surface area contributed by atoms with E-state index < -0.39 is 28.5 Å². The molecule has 1 aromatic heterocycles. The van der Waals surface area contributed by atoms with Crippen LogP contribution in [0.15, 0.2) is 51.8 Å². The van der Waals surface area contributed by atoms with E-state index in [0.717, 1.165) is 5.56 Å². The van der Waals surface area contributed by atoms with Crippen LogP contribution in [-0.4, -0.2) is 34.9 Å². The summed E-state index contributed by atoms with van der Waals surface area (Å²) in [6, 6.07) is 11.9. The number of nitrogens with zero attached hydrogens (tertiary/aromatic N) is 1. The van der Waals surface area contributed by atoms with Crippen LogP contribution in [0.25, 0.3) is 10.8 Å². The highest BCUT2D eigenvalue weighted by molar-refractivity contribution is 6.01. The maximum Gasteiger partial charge on any atom is 0.366 e. The maximum absolute atomic E-state index is 13.3. The molecular weight excluding hydrogens is 436 g/mol. The van der Waals surface area contributed by atoms with Crippen molar-refractivity contribution in [1.82, 2.24) is 5.16 Å². The number of methoxy groups -OCH3 is 1. The fraction of sp³-hybridized carbons (Fsp3) is 0.308. The van der Waals surface area contributed by atoms with Gasteiger partial charge in [-0.05, 0) is 58.0 Å². The molecule has 0 bridgehead atoms. The molecule has 2 N–H and O–H groups in total. The lowest BCUT2D eigenvalue weighted by atomic mass is 9.79. The van der Waals surface area contributed by atoms with E-state index in [1.54, 1.807) is 39.0 Å². The molecule has 2 aromatic carbocycles. The molecule has 0 radical (unpaired) electrons. The largest absolute Gasteiger partial charge is 0.469 e. The first-order valence-corrected chi connectivity index (χ1v) is 10.6. The summed E-state index contributed by atoms with van der Waals surface area (Å²) in [4.78, 5) is 37.4. The number of ether oxygens (including phenoxy) is 1. The zero-order valence-electron chi connectivity index (χ0n) is 19.7. The number of rotatable bonds is 5. The number of carbonyl (C=O) groups is 2. The molecule has 176 valence electrons. The monoisotopic (exact) mass is 462 g/mol. The first kappa shape index (κ1) is 24.7. The van der Waals surface area contributed by atoms with E-state index in [4.69, 9.17) is 9.26 Å². The molecule has 3 aromatic rings. The number of hydrogen-bond donors (Lipinski definition) is 2. The molecule has 1 unspecified atom stereocenters. The number of aryl methyl sites for hydroxylation is 2. The van der Waals surface area contributed by atoms with Gasteiger partial charge in [-0.15, -0.1) is 0 Å². The molecule has 0 spiro atoms. The minimum absolute atomic E-state index is 0.310. The second kappa shape index (κ2) is 9.49. The Morgan fingerprint density at radius 2 is 1.79 bits per heavy atom. The van der Waals surface area contributed by atoms with Crippen LogP contribution in [0.5, 0.6) is 0 Å². The first-order valence-electron chi connectivity index (χ1n) is 10.6. The summed E-state index contributed by atoms with van der Waals surface area (Å²) in [6.45, 7) is 6.73. The molecule has 0 saturated heterocycles. The van der Waals surface area contributed by atoms with Gasteiger partial charge in [-0.25, -0.2) is 4.79 Å². The topological polar surface area (TPSA) is 119 Å². The van der Waals surface area contributed by atoms with Crippen molar-refractivity contribution in [2.24, 2.45) is 5.41 Å². The Bertz CT molecular complexity index is 1360. The second-order valence-electron chi connectivity index (χ2n) is 8.80. The summed E-state index contributed by atoms with van der Waals surface area (Å²) in [5.41, 5.74) is -1.59. The molecule has 3 rings (SSSR count). The van der Waals surface area contributed by atoms with Gasteiger partial charge < -0.3 is 19.7 Å². The van der Waals surface area contributed by atoms with Gasteiger partial charge in [0.15, 0.2) is 0 Å². The predicted octanol–water partition coefficient (Wildman–Crippen LogP) is 3.12. The van der Waals surface area contributed by atoms with E-state index in [1.807, 2.05) is 19.1 Å². The fourth-order valence-electron chi connectivity index (χ4n) is 3.52. The molecule has 1 atom stereocenters. The van der Waals surface area contributed by atoms with Crippen LogP contribution in [0.4, 0.5) is 5.69 Å². The van der Waals surface area contributed by atoms with Gasteiger partial charge in [0.2, 0.25) is 5.60 Å². The quantitative estimate of drug-likeness (QED) is 0.442. The summed E-state index contributed by atoms with van der Waals surface area (Å²) < 4.78 is 9.55. The van der Waals surface area contributed by atoms with Crippen molar-refractivity contribution in [3.8, 4) is 11.8 Å². The van der Waals surface area contributed by atoms with Gasteiger partial charge in [0, 0.05) is 23.1 Å². The Hall–Kier alpha value is -3.96. The number of hydrogen-bond acceptors (Lipinski definition) is 7. The van der Waals surface area contributed by atoms with Crippen molar-refractivity contribution in [1.29, 1.82) is 0 Å². The van der Waals surface area contributed by atoms with Gasteiger partial charge in [0.1, 0.15) is 0 Å². The number of esters is 1. The fourth-order valence-corrected chi connectivity index (χ4v) is 3.52. The van der Waals surface area contributed by atoms with Crippen molar-refractivity contribution in [3.63, 3.8) is 0 Å². The van der Waals surface area contributed by atoms with Crippen LogP contribution in [0.1, 0.15) is 37.1 Å². The third kappa shape index (κ3) is 5.33. The summed E-state index contributed by atoms with van der Waals surface area (Å²) in [7, 11) is 1.24. The van der Waals surface area contributed by atoms with Crippen molar-refractivity contribution in [2.45, 2.75) is 39.7 Å². The average Bonchev–Trinajstić information content (AvgIpc) is 2.80. The highest BCUT2D eigenvalue weighted by Gasteiger charge is 2.44. The third-order valence-corrected chi connectivity index (χ3v) is 5.43. The number of benzene rings is 2. The van der Waals surface area contributed by atoms with E-state index in [0.29, 0.717) is 27.7 Å². The van der Waals surface area contributed by atoms with Gasteiger partial charge in [-0.3, -0.25) is 9.59 Å². The van der Waals surface area contributed by atoms with Crippen LogP contribution >= 0.6 is 0 Å². The lowest BCUT2D eigenvalue weighted by molar-refractivity contribution is -0.154. The molecule has 34 heavy (non-hydrogen) atoms. The second-order valence-corrected chi connectivity index (χ2v) is 8.80. The van der Waals surface area contributed by atoms with Crippen LogP contribution in [0.2, 0.25) is 0 Å². The molecule has 1 heterocycles. The Morgan fingerprint density at radius 1 is 1.12 bits per heavy atom. The number of amides is 1. The van der Waals surface area contributed by atoms with Gasteiger partial charge in [-0.1, -0.05) is 34.7 Å². The maximum atomic E-state index is 13.3. The number of aliphatic hydroxyl groups is 1. The zero-order valence-corrected chi connectivity index (χ0v) is 19.7. The standard InChI is InChI=1S/C26H26N2O6/c1-16-6-8-18(9-7-16)12-13-26(32,15-25(3,4)24(31)33-5)23(30)27-19-10-11-20-21(14-19)17(2)28-34-22(20)29/h6-11,14,32H,15H2,1-5H3,(H,27,30). The highest BCUT2D eigenvalue weighted by atomic mass is 16.5. The number of fused-ring (bicyclic) bond motifs is 1. The highest BCUT2D eigenvalue weighted by Crippen LogP contribution is 2.31. The Labute approximate surface area is 196 Å². The third-order valence-electron chi connectivity index (χ3n) is 5.43. The molecule has 8 heteroatoms. The van der Waals surface area contributed by atoms with E-state index in [2.05, 4.69) is 22.3 Å². The summed E-state index contributed by atoms with van der Waals surface area (Å²) >= 11 is 0. The van der Waals surface area contributed by atoms with E-state index in [1.165, 1.54) is 19.2 Å². The van der Waals surface area contributed by atoms with Crippen molar-refractivity contribution in [3.05, 3.63) is 69.7 Å². The van der Waals surface area contributed by atoms with Gasteiger partial charge in [-0.2, -0.15) is 0 Å². The van der Waals surface area contributed by atoms with Crippen molar-refractivity contribution >= 4 is 28.3 Å². The summed E-state index contributed by atoms with van der Waals surface area (Å²) in [6.07, 6.45) is -0.310. The lowest BCUT2D eigenvalue weighted by Gasteiger charge is -2.30. The van der Waals surface area contributed by atoms with Crippen LogP contribution in [0.3, 0.4) is 0 Å². The van der Waals surface area contributed by atoms with Gasteiger partial charge >= 0.3 is 11.6 Å². The molecule has 0 aliphatic carbocycles.